The van der Waals surface area contributed by atoms with E-state index in [4.69, 9.17) is 15.7 Å². The number of nitrogens with zero attached hydrogens (tertiary/aromatic N) is 4. The summed E-state index contributed by atoms with van der Waals surface area (Å²) < 4.78 is 20.0. The van der Waals surface area contributed by atoms with Crippen LogP contribution in [0.4, 0.5) is 10.2 Å². The molecule has 3 atom stereocenters. The van der Waals surface area contributed by atoms with Gasteiger partial charge in [-0.3, -0.25) is 0 Å². The molecule has 1 aliphatic heterocycles. The number of ether oxygens (including phenoxy) is 1. The SMILES string of the molecule is N#CC1OCC(O)(c2cc(F)c3c(N)ncnn23)C1O. The van der Waals surface area contributed by atoms with E-state index < -0.39 is 23.6 Å². The lowest BCUT2D eigenvalue weighted by atomic mass is 9.93. The van der Waals surface area contributed by atoms with Crippen LogP contribution in [0.3, 0.4) is 0 Å². The summed E-state index contributed by atoms with van der Waals surface area (Å²) in [6.07, 6.45) is -1.63. The Morgan fingerprint density at radius 1 is 1.65 bits per heavy atom. The first-order chi connectivity index (χ1) is 9.49. The fourth-order valence-corrected chi connectivity index (χ4v) is 2.31. The topological polar surface area (TPSA) is 130 Å². The smallest absolute Gasteiger partial charge is 0.173 e. The number of nitrogens with two attached hydrogens (primary N) is 1. The molecule has 9 heteroatoms. The van der Waals surface area contributed by atoms with Crippen molar-refractivity contribution in [3.8, 4) is 6.07 Å². The van der Waals surface area contributed by atoms with Gasteiger partial charge in [-0.2, -0.15) is 10.4 Å². The maximum absolute atomic E-state index is 13.9. The van der Waals surface area contributed by atoms with Crippen LogP contribution in [0, 0.1) is 17.1 Å². The van der Waals surface area contributed by atoms with Crippen LogP contribution in [0.25, 0.3) is 5.52 Å². The molecule has 0 spiro atoms. The molecule has 4 N–H and O–H groups in total. The summed E-state index contributed by atoms with van der Waals surface area (Å²) in [6, 6.07) is 2.70. The normalized spacial score (nSPS) is 29.7. The van der Waals surface area contributed by atoms with Crippen molar-refractivity contribution in [3.05, 3.63) is 23.9 Å². The second kappa shape index (κ2) is 4.11. The first-order valence-corrected chi connectivity index (χ1v) is 5.69. The van der Waals surface area contributed by atoms with Crippen molar-refractivity contribution >= 4 is 11.3 Å². The van der Waals surface area contributed by atoms with Gasteiger partial charge in [-0.15, -0.1) is 0 Å². The number of nitrogen functional groups attached to an aromatic ring is 1. The third-order valence-electron chi connectivity index (χ3n) is 3.37. The van der Waals surface area contributed by atoms with Gasteiger partial charge < -0.3 is 20.7 Å². The van der Waals surface area contributed by atoms with Crippen LogP contribution in [-0.2, 0) is 10.3 Å². The molecule has 20 heavy (non-hydrogen) atoms. The lowest BCUT2D eigenvalue weighted by molar-refractivity contribution is -0.0550. The van der Waals surface area contributed by atoms with Crippen LogP contribution in [-0.4, -0.2) is 43.6 Å². The number of halogens is 1. The summed E-state index contributed by atoms with van der Waals surface area (Å²) in [5.74, 6) is -0.836. The lowest BCUT2D eigenvalue weighted by Gasteiger charge is -2.24. The monoisotopic (exact) mass is 279 g/mol. The van der Waals surface area contributed by atoms with Crippen molar-refractivity contribution in [2.24, 2.45) is 0 Å². The predicted molar refractivity (Wildman–Crippen MR) is 62.6 cm³/mol. The summed E-state index contributed by atoms with van der Waals surface area (Å²) in [7, 11) is 0. The summed E-state index contributed by atoms with van der Waals surface area (Å²) in [6.45, 7) is -0.359. The van der Waals surface area contributed by atoms with Crippen LogP contribution in [0.1, 0.15) is 5.69 Å². The fraction of sp³-hybridized carbons (Fsp3) is 0.364. The molecule has 0 amide bonds. The molecule has 0 saturated carbocycles. The molecule has 2 aromatic heterocycles. The van der Waals surface area contributed by atoms with Crippen LogP contribution in [0.2, 0.25) is 0 Å². The van der Waals surface area contributed by atoms with E-state index in [2.05, 4.69) is 10.1 Å². The minimum absolute atomic E-state index is 0.0515. The molecular weight excluding hydrogens is 269 g/mol. The Kier molecular flexibility index (Phi) is 2.62. The Balaban J connectivity index is 2.21. The number of aliphatic hydroxyl groups is 2. The molecule has 3 heterocycles. The second-order valence-corrected chi connectivity index (χ2v) is 4.51. The fourth-order valence-electron chi connectivity index (χ4n) is 2.31. The van der Waals surface area contributed by atoms with Crippen molar-refractivity contribution in [2.45, 2.75) is 17.8 Å². The number of aliphatic hydroxyl groups excluding tert-OH is 1. The molecule has 1 saturated heterocycles. The van der Waals surface area contributed by atoms with Crippen LogP contribution in [0.5, 0.6) is 0 Å². The number of fused-ring (bicyclic) bond motifs is 1. The van der Waals surface area contributed by atoms with Gasteiger partial charge in [-0.25, -0.2) is 13.9 Å². The lowest BCUT2D eigenvalue weighted by Crippen LogP contribution is -2.42. The number of rotatable bonds is 1. The molecule has 0 aliphatic carbocycles. The maximum atomic E-state index is 13.9. The Morgan fingerprint density at radius 2 is 2.40 bits per heavy atom. The van der Waals surface area contributed by atoms with E-state index in [1.807, 2.05) is 0 Å². The highest BCUT2D eigenvalue weighted by molar-refractivity contribution is 5.66. The van der Waals surface area contributed by atoms with E-state index in [-0.39, 0.29) is 23.6 Å². The molecule has 0 bridgehead atoms. The molecule has 1 fully saturated rings. The van der Waals surface area contributed by atoms with Crippen LogP contribution >= 0.6 is 0 Å². The number of nitriles is 1. The molecule has 0 radical (unpaired) electrons. The van der Waals surface area contributed by atoms with Gasteiger partial charge in [0.15, 0.2) is 23.3 Å². The summed E-state index contributed by atoms with van der Waals surface area (Å²) in [5.41, 5.74) is 3.45. The van der Waals surface area contributed by atoms with Crippen molar-refractivity contribution in [3.63, 3.8) is 0 Å². The Labute approximate surface area is 111 Å². The number of anilines is 1. The maximum Gasteiger partial charge on any atom is 0.173 e. The zero-order valence-corrected chi connectivity index (χ0v) is 10.1. The molecular formula is C11H10FN5O3. The minimum atomic E-state index is -1.95. The quantitative estimate of drug-likeness (QED) is 0.605. The van der Waals surface area contributed by atoms with Gasteiger partial charge in [0.05, 0.1) is 18.4 Å². The van der Waals surface area contributed by atoms with Crippen molar-refractivity contribution in [1.82, 2.24) is 14.6 Å². The molecule has 1 aliphatic rings. The van der Waals surface area contributed by atoms with Gasteiger partial charge in [-0.1, -0.05) is 0 Å². The highest BCUT2D eigenvalue weighted by atomic mass is 19.1. The van der Waals surface area contributed by atoms with Gasteiger partial charge in [-0.05, 0) is 0 Å². The van der Waals surface area contributed by atoms with E-state index in [1.54, 1.807) is 6.07 Å². The van der Waals surface area contributed by atoms with Crippen molar-refractivity contribution in [2.75, 3.05) is 12.3 Å². The van der Waals surface area contributed by atoms with Crippen LogP contribution in [0.15, 0.2) is 12.4 Å². The zero-order valence-electron chi connectivity index (χ0n) is 10.1. The van der Waals surface area contributed by atoms with Crippen LogP contribution < -0.4 is 5.73 Å². The van der Waals surface area contributed by atoms with Gasteiger partial charge in [0.1, 0.15) is 17.9 Å². The molecule has 0 aromatic carbocycles. The first kappa shape index (κ1) is 12.7. The van der Waals surface area contributed by atoms with Crippen molar-refractivity contribution in [1.29, 1.82) is 5.26 Å². The summed E-state index contributed by atoms with van der Waals surface area (Å²) in [5, 5.41) is 33.1. The van der Waals surface area contributed by atoms with E-state index in [0.717, 1.165) is 16.9 Å². The molecule has 8 nitrogen and oxygen atoms in total. The van der Waals surface area contributed by atoms with E-state index >= 15 is 0 Å². The average Bonchev–Trinajstić information content (AvgIpc) is 2.91. The Hall–Kier alpha value is -2.28. The van der Waals surface area contributed by atoms with Gasteiger partial charge in [0.25, 0.3) is 0 Å². The summed E-state index contributed by atoms with van der Waals surface area (Å²) in [4.78, 5) is 3.66. The van der Waals surface area contributed by atoms with Gasteiger partial charge in [0, 0.05) is 6.07 Å². The molecule has 2 aromatic rings. The Bertz CT molecular complexity index is 727. The minimum Gasteiger partial charge on any atom is -0.386 e. The largest absolute Gasteiger partial charge is 0.386 e. The standard InChI is InChI=1S/C11H10FN5O3/c12-5-1-7(17-8(5)10(14)15-4-16-17)11(19)3-20-6(2-13)9(11)18/h1,4,6,9,18-19H,3H2,(H2,14,15,16). The second-order valence-electron chi connectivity index (χ2n) is 4.51. The average molecular weight is 279 g/mol. The number of aromatic nitrogens is 3. The molecule has 104 valence electrons. The number of hydrogen-bond acceptors (Lipinski definition) is 7. The third-order valence-corrected chi connectivity index (χ3v) is 3.37. The van der Waals surface area contributed by atoms with E-state index in [0.29, 0.717) is 0 Å². The van der Waals surface area contributed by atoms with E-state index in [1.165, 1.54) is 0 Å². The van der Waals surface area contributed by atoms with Gasteiger partial charge >= 0.3 is 0 Å². The molecule has 3 rings (SSSR count). The highest BCUT2D eigenvalue weighted by Crippen LogP contribution is 2.36. The van der Waals surface area contributed by atoms with Gasteiger partial charge in [0.2, 0.25) is 0 Å². The zero-order chi connectivity index (χ0) is 14.5. The first-order valence-electron chi connectivity index (χ1n) is 5.69. The highest BCUT2D eigenvalue weighted by Gasteiger charge is 2.51. The molecule has 3 unspecified atom stereocenters. The van der Waals surface area contributed by atoms with E-state index in [9.17, 15) is 14.6 Å². The predicted octanol–water partition coefficient (Wildman–Crippen LogP) is -1.08. The van der Waals surface area contributed by atoms with Crippen molar-refractivity contribution < 1.29 is 19.3 Å². The number of hydrogen-bond donors (Lipinski definition) is 3. The third kappa shape index (κ3) is 1.50. The summed E-state index contributed by atoms with van der Waals surface area (Å²) >= 11 is 0. The Morgan fingerprint density at radius 3 is 3.05 bits per heavy atom.